The molecule has 0 aromatic carbocycles. The molecule has 0 amide bonds. The van der Waals surface area contributed by atoms with Crippen molar-refractivity contribution >= 4 is 5.71 Å². The Morgan fingerprint density at radius 3 is 2.42 bits per heavy atom. The van der Waals surface area contributed by atoms with Crippen molar-refractivity contribution < 1.29 is 4.84 Å². The van der Waals surface area contributed by atoms with Gasteiger partial charge in [0.1, 0.15) is 5.60 Å². The average Bonchev–Trinajstić information content (AvgIpc) is 2.34. The molecule has 1 aliphatic rings. The van der Waals surface area contributed by atoms with Gasteiger partial charge in [0.2, 0.25) is 0 Å². The van der Waals surface area contributed by atoms with Crippen LogP contribution >= 0.6 is 0 Å². The lowest BCUT2D eigenvalue weighted by molar-refractivity contribution is -0.0517. The monoisotopic (exact) mass is 169 g/mol. The van der Waals surface area contributed by atoms with Gasteiger partial charge in [-0.15, -0.1) is 0 Å². The summed E-state index contributed by atoms with van der Waals surface area (Å²) in [6.07, 6.45) is 3.35. The maximum Gasteiger partial charge on any atom is 0.143 e. The second kappa shape index (κ2) is 3.46. The van der Waals surface area contributed by atoms with Gasteiger partial charge in [-0.2, -0.15) is 0 Å². The highest BCUT2D eigenvalue weighted by atomic mass is 16.7. The molecule has 0 aromatic heterocycles. The van der Waals surface area contributed by atoms with E-state index in [1.54, 1.807) is 0 Å². The van der Waals surface area contributed by atoms with E-state index in [9.17, 15) is 0 Å². The Bertz CT molecular complexity index is 184. The van der Waals surface area contributed by atoms with Crippen molar-refractivity contribution in [2.75, 3.05) is 0 Å². The molecule has 0 bridgehead atoms. The summed E-state index contributed by atoms with van der Waals surface area (Å²) < 4.78 is 0. The molecule has 2 nitrogen and oxygen atoms in total. The molecule has 70 valence electrons. The van der Waals surface area contributed by atoms with Gasteiger partial charge in [-0.1, -0.05) is 19.0 Å². The summed E-state index contributed by atoms with van der Waals surface area (Å²) in [6.45, 7) is 8.64. The Morgan fingerprint density at radius 1 is 1.50 bits per heavy atom. The third-order valence-electron chi connectivity index (χ3n) is 2.87. The Hall–Kier alpha value is -0.530. The fraction of sp³-hybridized carbons (Fsp3) is 0.900. The van der Waals surface area contributed by atoms with Crippen molar-refractivity contribution in [3.63, 3.8) is 0 Å². The first kappa shape index (κ1) is 9.56. The number of hydrogen-bond donors (Lipinski definition) is 0. The molecule has 1 rings (SSSR count). The summed E-state index contributed by atoms with van der Waals surface area (Å²) in [6, 6.07) is 0. The zero-order valence-corrected chi connectivity index (χ0v) is 8.55. The third kappa shape index (κ3) is 1.62. The van der Waals surface area contributed by atoms with Crippen LogP contribution in [0.1, 0.15) is 47.0 Å². The minimum Gasteiger partial charge on any atom is -0.389 e. The van der Waals surface area contributed by atoms with E-state index in [-0.39, 0.29) is 5.60 Å². The highest BCUT2D eigenvalue weighted by molar-refractivity contribution is 5.83. The van der Waals surface area contributed by atoms with Gasteiger partial charge in [0.05, 0.1) is 5.71 Å². The average molecular weight is 169 g/mol. The molecule has 1 aliphatic heterocycles. The van der Waals surface area contributed by atoms with Crippen LogP contribution in [0.3, 0.4) is 0 Å². The van der Waals surface area contributed by atoms with E-state index in [1.807, 2.05) is 6.92 Å². The Balaban J connectivity index is 2.61. The number of rotatable bonds is 3. The minimum absolute atomic E-state index is 0.0203. The number of nitrogens with zero attached hydrogens (tertiary/aromatic N) is 1. The van der Waals surface area contributed by atoms with Crippen molar-refractivity contribution in [2.45, 2.75) is 52.6 Å². The lowest BCUT2D eigenvalue weighted by atomic mass is 9.82. The van der Waals surface area contributed by atoms with E-state index >= 15 is 0 Å². The molecule has 0 saturated carbocycles. The minimum atomic E-state index is -0.0203. The van der Waals surface area contributed by atoms with Crippen LogP contribution in [0.5, 0.6) is 0 Å². The second-order valence-electron chi connectivity index (χ2n) is 3.92. The highest BCUT2D eigenvalue weighted by Gasteiger charge is 2.38. The lowest BCUT2D eigenvalue weighted by Crippen LogP contribution is -2.34. The van der Waals surface area contributed by atoms with E-state index in [1.165, 1.54) is 12.8 Å². The first-order valence-corrected chi connectivity index (χ1v) is 4.84. The van der Waals surface area contributed by atoms with Gasteiger partial charge in [0, 0.05) is 12.3 Å². The van der Waals surface area contributed by atoms with Gasteiger partial charge in [-0.25, -0.2) is 0 Å². The molecule has 0 radical (unpaired) electrons. The van der Waals surface area contributed by atoms with Gasteiger partial charge < -0.3 is 4.84 Å². The van der Waals surface area contributed by atoms with Crippen LogP contribution < -0.4 is 0 Å². The van der Waals surface area contributed by atoms with Crippen LogP contribution in [0.15, 0.2) is 5.16 Å². The van der Waals surface area contributed by atoms with Crippen LogP contribution in [0.4, 0.5) is 0 Å². The maximum atomic E-state index is 5.48. The van der Waals surface area contributed by atoms with Crippen molar-refractivity contribution in [2.24, 2.45) is 11.1 Å². The largest absolute Gasteiger partial charge is 0.389 e. The van der Waals surface area contributed by atoms with Gasteiger partial charge in [-0.3, -0.25) is 0 Å². The molecule has 1 atom stereocenters. The molecule has 1 heterocycles. The zero-order valence-electron chi connectivity index (χ0n) is 8.55. The topological polar surface area (TPSA) is 21.6 Å². The fourth-order valence-corrected chi connectivity index (χ4v) is 2.13. The molecular formula is C10H19NO. The van der Waals surface area contributed by atoms with Gasteiger partial charge in [-0.05, 0) is 26.7 Å². The summed E-state index contributed by atoms with van der Waals surface area (Å²) in [4.78, 5) is 5.48. The van der Waals surface area contributed by atoms with Crippen LogP contribution in [0, 0.1) is 5.92 Å². The van der Waals surface area contributed by atoms with Crippen molar-refractivity contribution in [1.82, 2.24) is 0 Å². The zero-order chi connectivity index (χ0) is 9.19. The summed E-state index contributed by atoms with van der Waals surface area (Å²) in [5, 5.41) is 4.02. The molecule has 12 heavy (non-hydrogen) atoms. The highest BCUT2D eigenvalue weighted by Crippen LogP contribution is 2.34. The van der Waals surface area contributed by atoms with E-state index in [2.05, 4.69) is 25.9 Å². The van der Waals surface area contributed by atoms with Gasteiger partial charge in [0.25, 0.3) is 0 Å². The van der Waals surface area contributed by atoms with E-state index < -0.39 is 0 Å². The third-order valence-corrected chi connectivity index (χ3v) is 2.87. The number of hydrogen-bond acceptors (Lipinski definition) is 2. The summed E-state index contributed by atoms with van der Waals surface area (Å²) in [7, 11) is 0. The number of oxime groups is 1. The van der Waals surface area contributed by atoms with Crippen LogP contribution in [0.2, 0.25) is 0 Å². The maximum absolute atomic E-state index is 5.48. The Labute approximate surface area is 75.0 Å². The quantitative estimate of drug-likeness (QED) is 0.636. The molecule has 0 aliphatic carbocycles. The first-order chi connectivity index (χ1) is 5.62. The SMILES string of the molecule is CCC(CC)C1(C)CC(C)=NO1. The predicted octanol–water partition coefficient (Wildman–Crippen LogP) is 2.98. The fourth-order valence-electron chi connectivity index (χ4n) is 2.13. The van der Waals surface area contributed by atoms with Crippen LogP contribution in [0.25, 0.3) is 0 Å². The Kier molecular flexibility index (Phi) is 2.76. The molecular weight excluding hydrogens is 150 g/mol. The van der Waals surface area contributed by atoms with Crippen molar-refractivity contribution in [3.05, 3.63) is 0 Å². The Morgan fingerprint density at radius 2 is 2.08 bits per heavy atom. The van der Waals surface area contributed by atoms with E-state index in [0.717, 1.165) is 12.1 Å². The lowest BCUT2D eigenvalue weighted by Gasteiger charge is -2.29. The molecule has 0 spiro atoms. The standard InChI is InChI=1S/C10H19NO/c1-5-9(6-2)10(4)7-8(3)11-12-10/h9H,5-7H2,1-4H3. The molecule has 0 aromatic rings. The van der Waals surface area contributed by atoms with E-state index in [0.29, 0.717) is 5.92 Å². The molecule has 0 fully saturated rings. The van der Waals surface area contributed by atoms with Crippen molar-refractivity contribution in [3.8, 4) is 0 Å². The molecule has 0 saturated heterocycles. The van der Waals surface area contributed by atoms with Gasteiger partial charge >= 0.3 is 0 Å². The van der Waals surface area contributed by atoms with E-state index in [4.69, 9.17) is 4.84 Å². The van der Waals surface area contributed by atoms with Gasteiger partial charge in [0.15, 0.2) is 0 Å². The molecule has 0 N–H and O–H groups in total. The smallest absolute Gasteiger partial charge is 0.143 e. The van der Waals surface area contributed by atoms with Crippen molar-refractivity contribution in [1.29, 1.82) is 0 Å². The van der Waals surface area contributed by atoms with Crippen LogP contribution in [-0.4, -0.2) is 11.3 Å². The van der Waals surface area contributed by atoms with Crippen LogP contribution in [-0.2, 0) is 4.84 Å². The molecule has 1 unspecified atom stereocenters. The summed E-state index contributed by atoms with van der Waals surface area (Å²) in [5.41, 5.74) is 1.11. The first-order valence-electron chi connectivity index (χ1n) is 4.84. The molecule has 2 heteroatoms. The second-order valence-corrected chi connectivity index (χ2v) is 3.92. The predicted molar refractivity (Wildman–Crippen MR) is 51.3 cm³/mol. The summed E-state index contributed by atoms with van der Waals surface area (Å²) >= 11 is 0. The summed E-state index contributed by atoms with van der Waals surface area (Å²) in [5.74, 6) is 0.638. The normalized spacial score (nSPS) is 28.9.